The summed E-state index contributed by atoms with van der Waals surface area (Å²) < 4.78 is 23.1. The van der Waals surface area contributed by atoms with Gasteiger partial charge in [-0.25, -0.2) is 8.42 Å². The van der Waals surface area contributed by atoms with Crippen LogP contribution < -0.4 is 10.6 Å². The van der Waals surface area contributed by atoms with Crippen LogP contribution in [0.2, 0.25) is 0 Å². The molecule has 0 radical (unpaired) electrons. The standard InChI is InChI=1S/C22H38N4O2S.HI/c1-4-6-16-26-17-8-7-9-20(26)18-25-22(23-5-2)24-15-14-19-10-12-21(13-11-19)29(3,27)28;/h10-13,20H,4-9,14-18H2,1-3H3,(H2,23,24,25);1H. The Morgan fingerprint density at radius 1 is 1.17 bits per heavy atom. The Morgan fingerprint density at radius 3 is 2.53 bits per heavy atom. The molecular formula is C22H39IN4O2S. The quantitative estimate of drug-likeness (QED) is 0.265. The number of likely N-dealkylation sites (tertiary alicyclic amines) is 1. The molecule has 0 aromatic heterocycles. The second-order valence-electron chi connectivity index (χ2n) is 7.85. The normalized spacial score (nSPS) is 18.0. The Labute approximate surface area is 200 Å². The minimum Gasteiger partial charge on any atom is -0.357 e. The SMILES string of the molecule is CCCCN1CCCCC1CN=C(NCC)NCCc1ccc(S(C)(=O)=O)cc1.I. The molecule has 0 amide bonds. The van der Waals surface area contributed by atoms with Crippen molar-refractivity contribution >= 4 is 39.8 Å². The number of nitrogens with zero attached hydrogens (tertiary/aromatic N) is 2. The molecule has 0 aliphatic carbocycles. The zero-order valence-corrected chi connectivity index (χ0v) is 21.8. The van der Waals surface area contributed by atoms with Gasteiger partial charge in [-0.1, -0.05) is 31.9 Å². The van der Waals surface area contributed by atoms with Gasteiger partial charge in [0.05, 0.1) is 11.4 Å². The number of guanidine groups is 1. The lowest BCUT2D eigenvalue weighted by Gasteiger charge is -2.35. The van der Waals surface area contributed by atoms with Crippen molar-refractivity contribution in [2.24, 2.45) is 4.99 Å². The number of unbranched alkanes of at least 4 members (excludes halogenated alkanes) is 1. The molecule has 1 aliphatic heterocycles. The first kappa shape index (κ1) is 27.2. The molecule has 8 heteroatoms. The number of rotatable bonds is 10. The molecule has 1 unspecified atom stereocenters. The van der Waals surface area contributed by atoms with Crippen molar-refractivity contribution in [3.05, 3.63) is 29.8 Å². The van der Waals surface area contributed by atoms with Crippen LogP contribution >= 0.6 is 24.0 Å². The number of benzene rings is 1. The molecule has 1 aromatic carbocycles. The van der Waals surface area contributed by atoms with Gasteiger partial charge < -0.3 is 10.6 Å². The molecule has 2 N–H and O–H groups in total. The van der Waals surface area contributed by atoms with E-state index in [0.717, 1.165) is 37.6 Å². The number of hydrogen-bond donors (Lipinski definition) is 2. The van der Waals surface area contributed by atoms with Gasteiger partial charge in [-0.05, 0) is 63.4 Å². The summed E-state index contributed by atoms with van der Waals surface area (Å²) >= 11 is 0. The highest BCUT2D eigenvalue weighted by molar-refractivity contribution is 14.0. The van der Waals surface area contributed by atoms with E-state index in [2.05, 4.69) is 29.4 Å². The summed E-state index contributed by atoms with van der Waals surface area (Å²) in [6.45, 7) is 9.14. The van der Waals surface area contributed by atoms with Crippen molar-refractivity contribution in [1.82, 2.24) is 15.5 Å². The lowest BCUT2D eigenvalue weighted by atomic mass is 10.0. The van der Waals surface area contributed by atoms with Crippen LogP contribution in [0, 0.1) is 0 Å². The van der Waals surface area contributed by atoms with Crippen molar-refractivity contribution in [3.63, 3.8) is 0 Å². The Kier molecular flexibility index (Phi) is 12.9. The molecule has 1 atom stereocenters. The first-order valence-corrected chi connectivity index (χ1v) is 12.9. The van der Waals surface area contributed by atoms with E-state index in [1.807, 2.05) is 12.1 Å². The van der Waals surface area contributed by atoms with Crippen molar-refractivity contribution in [3.8, 4) is 0 Å². The van der Waals surface area contributed by atoms with Crippen molar-refractivity contribution < 1.29 is 8.42 Å². The van der Waals surface area contributed by atoms with E-state index < -0.39 is 9.84 Å². The molecular weight excluding hydrogens is 511 g/mol. The summed E-state index contributed by atoms with van der Waals surface area (Å²) in [6.07, 6.45) is 8.40. The third-order valence-electron chi connectivity index (χ3n) is 5.41. The summed E-state index contributed by atoms with van der Waals surface area (Å²) in [5.41, 5.74) is 1.11. The highest BCUT2D eigenvalue weighted by atomic mass is 127. The van der Waals surface area contributed by atoms with Gasteiger partial charge in [0.1, 0.15) is 0 Å². The van der Waals surface area contributed by atoms with E-state index in [1.165, 1.54) is 51.4 Å². The average molecular weight is 551 g/mol. The monoisotopic (exact) mass is 550 g/mol. The van der Waals surface area contributed by atoms with Crippen LogP contribution in [0.3, 0.4) is 0 Å². The maximum Gasteiger partial charge on any atom is 0.191 e. The van der Waals surface area contributed by atoms with Gasteiger partial charge in [0.2, 0.25) is 0 Å². The lowest BCUT2D eigenvalue weighted by Crippen LogP contribution is -2.44. The molecule has 2 rings (SSSR count). The summed E-state index contributed by atoms with van der Waals surface area (Å²) in [7, 11) is -3.14. The van der Waals surface area contributed by atoms with E-state index >= 15 is 0 Å². The van der Waals surface area contributed by atoms with Crippen LogP contribution in [0.5, 0.6) is 0 Å². The van der Waals surface area contributed by atoms with Gasteiger partial charge in [0.15, 0.2) is 15.8 Å². The Morgan fingerprint density at radius 2 is 1.90 bits per heavy atom. The van der Waals surface area contributed by atoms with Gasteiger partial charge in [0.25, 0.3) is 0 Å². The van der Waals surface area contributed by atoms with Crippen LogP contribution in [-0.4, -0.2) is 64.3 Å². The van der Waals surface area contributed by atoms with Crippen LogP contribution in [0.1, 0.15) is 51.5 Å². The van der Waals surface area contributed by atoms with Crippen molar-refractivity contribution in [2.75, 3.05) is 39.0 Å². The fourth-order valence-electron chi connectivity index (χ4n) is 3.69. The molecule has 30 heavy (non-hydrogen) atoms. The highest BCUT2D eigenvalue weighted by Crippen LogP contribution is 2.18. The molecule has 1 aromatic rings. The predicted octanol–water partition coefficient (Wildman–Crippen LogP) is 3.46. The fourth-order valence-corrected chi connectivity index (χ4v) is 4.32. The number of nitrogens with one attached hydrogen (secondary N) is 2. The summed E-state index contributed by atoms with van der Waals surface area (Å²) in [5.74, 6) is 0.862. The number of halogens is 1. The van der Waals surface area contributed by atoms with Crippen LogP contribution in [0.25, 0.3) is 0 Å². The maximum atomic E-state index is 11.6. The topological polar surface area (TPSA) is 73.8 Å². The second kappa shape index (κ2) is 14.2. The molecule has 1 saturated heterocycles. The van der Waals surface area contributed by atoms with Crippen LogP contribution in [0.15, 0.2) is 34.2 Å². The summed E-state index contributed by atoms with van der Waals surface area (Å²) in [5, 5.41) is 6.75. The Hall–Kier alpha value is -0.870. The third kappa shape index (κ3) is 9.51. The Bertz CT molecular complexity index is 738. The number of hydrogen-bond acceptors (Lipinski definition) is 4. The van der Waals surface area contributed by atoms with E-state index in [4.69, 9.17) is 4.99 Å². The lowest BCUT2D eigenvalue weighted by molar-refractivity contribution is 0.151. The third-order valence-corrected chi connectivity index (χ3v) is 6.54. The van der Waals surface area contributed by atoms with Gasteiger partial charge >= 0.3 is 0 Å². The molecule has 6 nitrogen and oxygen atoms in total. The maximum absolute atomic E-state index is 11.6. The van der Waals surface area contributed by atoms with Gasteiger partial charge in [-0.3, -0.25) is 9.89 Å². The largest absolute Gasteiger partial charge is 0.357 e. The first-order valence-electron chi connectivity index (χ1n) is 11.0. The van der Waals surface area contributed by atoms with Gasteiger partial charge in [-0.2, -0.15) is 0 Å². The smallest absolute Gasteiger partial charge is 0.191 e. The van der Waals surface area contributed by atoms with E-state index in [1.54, 1.807) is 12.1 Å². The average Bonchev–Trinajstić information content (AvgIpc) is 2.71. The zero-order chi connectivity index (χ0) is 21.1. The molecule has 172 valence electrons. The number of aliphatic imine (C=N–C) groups is 1. The van der Waals surface area contributed by atoms with Crippen LogP contribution in [0.4, 0.5) is 0 Å². The van der Waals surface area contributed by atoms with Crippen molar-refractivity contribution in [2.45, 2.75) is 63.3 Å². The number of piperidine rings is 1. The zero-order valence-electron chi connectivity index (χ0n) is 18.7. The van der Waals surface area contributed by atoms with Gasteiger partial charge in [-0.15, -0.1) is 24.0 Å². The Balaban J connectivity index is 0.00000450. The second-order valence-corrected chi connectivity index (χ2v) is 9.87. The molecule has 1 heterocycles. The summed E-state index contributed by atoms with van der Waals surface area (Å²) in [4.78, 5) is 7.83. The molecule has 0 spiro atoms. The molecule has 0 bridgehead atoms. The minimum atomic E-state index is -3.14. The van der Waals surface area contributed by atoms with E-state index in [9.17, 15) is 8.42 Å². The first-order chi connectivity index (χ1) is 13.9. The van der Waals surface area contributed by atoms with Gasteiger partial charge in [0, 0.05) is 25.4 Å². The van der Waals surface area contributed by atoms with E-state index in [-0.39, 0.29) is 24.0 Å². The van der Waals surface area contributed by atoms with Crippen LogP contribution in [-0.2, 0) is 16.3 Å². The summed E-state index contributed by atoms with van der Waals surface area (Å²) in [6, 6.07) is 7.68. The van der Waals surface area contributed by atoms with E-state index in [0.29, 0.717) is 10.9 Å². The highest BCUT2D eigenvalue weighted by Gasteiger charge is 2.21. The predicted molar refractivity (Wildman–Crippen MR) is 137 cm³/mol. The molecule has 0 saturated carbocycles. The number of sulfone groups is 1. The minimum absolute atomic E-state index is 0. The van der Waals surface area contributed by atoms with Crippen molar-refractivity contribution in [1.29, 1.82) is 0 Å². The fraction of sp³-hybridized carbons (Fsp3) is 0.682. The molecule has 1 aliphatic rings. The molecule has 1 fully saturated rings.